The van der Waals surface area contributed by atoms with Crippen LogP contribution >= 0.6 is 0 Å². The third-order valence-electron chi connectivity index (χ3n) is 7.11. The number of carbonyl (C=O) groups excluding carboxylic acids is 3. The predicted octanol–water partition coefficient (Wildman–Crippen LogP) is 3.36. The Morgan fingerprint density at radius 2 is 1.85 bits per heavy atom. The molecule has 0 radical (unpaired) electrons. The molecule has 1 fully saturated rings. The van der Waals surface area contributed by atoms with Crippen LogP contribution in [-0.4, -0.2) is 57.5 Å². The number of nitrogens with zero attached hydrogens (tertiary/aromatic N) is 3. The predicted molar refractivity (Wildman–Crippen MR) is 127 cm³/mol. The summed E-state index contributed by atoms with van der Waals surface area (Å²) in [6, 6.07) is 10.2. The topological polar surface area (TPSA) is 93.5 Å². The molecule has 0 spiro atoms. The van der Waals surface area contributed by atoms with Crippen molar-refractivity contribution in [3.8, 4) is 0 Å². The van der Waals surface area contributed by atoms with Crippen molar-refractivity contribution in [3.63, 3.8) is 0 Å². The van der Waals surface area contributed by atoms with Gasteiger partial charge in [-0.25, -0.2) is 9.78 Å². The molecule has 2 amide bonds. The van der Waals surface area contributed by atoms with Gasteiger partial charge in [0.25, 0.3) is 5.91 Å². The first-order valence-electron chi connectivity index (χ1n) is 12.2. The summed E-state index contributed by atoms with van der Waals surface area (Å²) >= 11 is 0. The van der Waals surface area contributed by atoms with E-state index in [0.717, 1.165) is 32.1 Å². The SMILES string of the molecule is COC(=O)c1ncn2c1C(=O)N(CCCc1ccccc1)C(C)(C(=O)NC1CCCCCC1)C2. The summed E-state index contributed by atoms with van der Waals surface area (Å²) in [6.07, 6.45) is 9.48. The standard InChI is InChI=1S/C26H34N4O4/c1-26(25(33)28-20-14-8-3-4-9-15-20)17-29-18-27-21(24(32)34-2)22(29)23(31)30(26)16-10-13-19-11-6-5-7-12-19/h5-7,11-12,18,20H,3-4,8-10,13-17H2,1-2H3,(H,28,33). The van der Waals surface area contributed by atoms with Crippen molar-refractivity contribution in [1.82, 2.24) is 19.8 Å². The van der Waals surface area contributed by atoms with Crippen molar-refractivity contribution < 1.29 is 19.1 Å². The molecule has 1 aliphatic heterocycles. The number of imidazole rings is 1. The van der Waals surface area contributed by atoms with Crippen LogP contribution in [0.3, 0.4) is 0 Å². The molecule has 1 unspecified atom stereocenters. The molecule has 1 saturated carbocycles. The molecule has 4 rings (SSSR count). The van der Waals surface area contributed by atoms with Crippen LogP contribution in [0.25, 0.3) is 0 Å². The number of hydrogen-bond donors (Lipinski definition) is 1. The van der Waals surface area contributed by atoms with E-state index >= 15 is 0 Å². The second kappa shape index (κ2) is 10.4. The highest BCUT2D eigenvalue weighted by atomic mass is 16.5. The number of carbonyl (C=O) groups is 3. The molecular formula is C26H34N4O4. The number of hydrogen-bond acceptors (Lipinski definition) is 5. The summed E-state index contributed by atoms with van der Waals surface area (Å²) in [5.41, 5.74) is 0.274. The number of rotatable bonds is 7. The van der Waals surface area contributed by atoms with Crippen LogP contribution in [0.4, 0.5) is 0 Å². The van der Waals surface area contributed by atoms with Gasteiger partial charge in [0.1, 0.15) is 11.2 Å². The molecule has 8 nitrogen and oxygen atoms in total. The van der Waals surface area contributed by atoms with E-state index in [1.807, 2.05) is 25.1 Å². The lowest BCUT2D eigenvalue weighted by molar-refractivity contribution is -0.133. The third kappa shape index (κ3) is 4.86. The van der Waals surface area contributed by atoms with Crippen molar-refractivity contribution >= 4 is 17.8 Å². The maximum atomic E-state index is 13.7. The van der Waals surface area contributed by atoms with Gasteiger partial charge in [-0.3, -0.25) is 9.59 Å². The lowest BCUT2D eigenvalue weighted by Crippen LogP contribution is -2.65. The summed E-state index contributed by atoms with van der Waals surface area (Å²) in [5, 5.41) is 3.24. The van der Waals surface area contributed by atoms with Gasteiger partial charge in [-0.05, 0) is 38.2 Å². The van der Waals surface area contributed by atoms with Gasteiger partial charge in [0.05, 0.1) is 20.0 Å². The van der Waals surface area contributed by atoms with Crippen LogP contribution in [0.1, 0.15) is 78.4 Å². The maximum Gasteiger partial charge on any atom is 0.359 e. The molecule has 1 aliphatic carbocycles. The fraction of sp³-hybridized carbons (Fsp3) is 0.538. The van der Waals surface area contributed by atoms with E-state index in [1.54, 1.807) is 9.47 Å². The quantitative estimate of drug-likeness (QED) is 0.499. The first-order chi connectivity index (χ1) is 16.4. The minimum Gasteiger partial charge on any atom is -0.464 e. The Labute approximate surface area is 200 Å². The van der Waals surface area contributed by atoms with Crippen LogP contribution in [0, 0.1) is 0 Å². The summed E-state index contributed by atoms with van der Waals surface area (Å²) < 4.78 is 6.45. The maximum absolute atomic E-state index is 13.7. The molecule has 2 aromatic rings. The van der Waals surface area contributed by atoms with Crippen LogP contribution in [0.2, 0.25) is 0 Å². The van der Waals surface area contributed by atoms with E-state index in [1.165, 1.54) is 31.8 Å². The number of ether oxygens (including phenoxy) is 1. The molecular weight excluding hydrogens is 432 g/mol. The number of nitrogens with one attached hydrogen (secondary N) is 1. The highest BCUT2D eigenvalue weighted by Gasteiger charge is 2.49. The zero-order chi connectivity index (χ0) is 24.1. The summed E-state index contributed by atoms with van der Waals surface area (Å²) in [7, 11) is 1.27. The Bertz CT molecular complexity index is 1030. The molecule has 1 N–H and O–H groups in total. The highest BCUT2D eigenvalue weighted by Crippen LogP contribution is 2.30. The molecule has 34 heavy (non-hydrogen) atoms. The normalized spacial score (nSPS) is 21.0. The third-order valence-corrected chi connectivity index (χ3v) is 7.11. The van der Waals surface area contributed by atoms with E-state index in [9.17, 15) is 14.4 Å². The summed E-state index contributed by atoms with van der Waals surface area (Å²) in [6.45, 7) is 2.45. The average Bonchev–Trinajstić information content (AvgIpc) is 3.09. The summed E-state index contributed by atoms with van der Waals surface area (Å²) in [5.74, 6) is -1.17. The lowest BCUT2D eigenvalue weighted by atomic mass is 9.92. The number of fused-ring (bicyclic) bond motifs is 1. The van der Waals surface area contributed by atoms with Gasteiger partial charge in [-0.15, -0.1) is 0 Å². The Morgan fingerprint density at radius 1 is 1.15 bits per heavy atom. The molecule has 182 valence electrons. The van der Waals surface area contributed by atoms with Gasteiger partial charge in [0, 0.05) is 12.6 Å². The monoisotopic (exact) mass is 466 g/mol. The fourth-order valence-corrected chi connectivity index (χ4v) is 5.13. The van der Waals surface area contributed by atoms with Gasteiger partial charge < -0.3 is 19.5 Å². The Morgan fingerprint density at radius 3 is 2.53 bits per heavy atom. The molecule has 0 saturated heterocycles. The Hall–Kier alpha value is -3.16. The van der Waals surface area contributed by atoms with E-state index in [4.69, 9.17) is 4.74 Å². The molecule has 1 aromatic heterocycles. The van der Waals surface area contributed by atoms with Gasteiger partial charge >= 0.3 is 5.97 Å². The molecule has 8 heteroatoms. The van der Waals surface area contributed by atoms with Crippen molar-refractivity contribution in [2.45, 2.75) is 76.4 Å². The second-order valence-corrected chi connectivity index (χ2v) is 9.54. The van der Waals surface area contributed by atoms with E-state index in [2.05, 4.69) is 22.4 Å². The minimum absolute atomic E-state index is 0.00761. The number of benzene rings is 1. The Kier molecular flexibility index (Phi) is 7.34. The average molecular weight is 467 g/mol. The van der Waals surface area contributed by atoms with Crippen molar-refractivity contribution in [2.75, 3.05) is 13.7 Å². The lowest BCUT2D eigenvalue weighted by Gasteiger charge is -2.44. The van der Waals surface area contributed by atoms with Gasteiger partial charge in [-0.2, -0.15) is 0 Å². The Balaban J connectivity index is 1.59. The van der Waals surface area contributed by atoms with E-state index in [0.29, 0.717) is 13.0 Å². The van der Waals surface area contributed by atoms with Crippen molar-refractivity contribution in [1.29, 1.82) is 0 Å². The second-order valence-electron chi connectivity index (χ2n) is 9.54. The molecule has 2 heterocycles. The highest BCUT2D eigenvalue weighted by molar-refractivity contribution is 6.06. The molecule has 1 aromatic carbocycles. The number of esters is 1. The van der Waals surface area contributed by atoms with Gasteiger partial charge in [0.15, 0.2) is 5.69 Å². The zero-order valence-corrected chi connectivity index (χ0v) is 20.1. The van der Waals surface area contributed by atoms with Crippen LogP contribution in [0.5, 0.6) is 0 Å². The zero-order valence-electron chi connectivity index (χ0n) is 20.1. The summed E-state index contributed by atoms with van der Waals surface area (Å²) in [4.78, 5) is 45.4. The van der Waals surface area contributed by atoms with Gasteiger partial charge in [-0.1, -0.05) is 56.0 Å². The largest absolute Gasteiger partial charge is 0.464 e. The molecule has 0 bridgehead atoms. The van der Waals surface area contributed by atoms with Crippen LogP contribution in [0.15, 0.2) is 36.7 Å². The minimum atomic E-state index is -1.08. The molecule has 1 atom stereocenters. The van der Waals surface area contributed by atoms with Crippen molar-refractivity contribution in [3.05, 3.63) is 53.6 Å². The first kappa shape index (κ1) is 24.0. The van der Waals surface area contributed by atoms with Crippen LogP contribution < -0.4 is 5.32 Å². The smallest absolute Gasteiger partial charge is 0.359 e. The van der Waals surface area contributed by atoms with Crippen LogP contribution in [-0.2, 0) is 22.5 Å². The van der Waals surface area contributed by atoms with Gasteiger partial charge in [0.2, 0.25) is 5.91 Å². The van der Waals surface area contributed by atoms with E-state index < -0.39 is 11.5 Å². The molecule has 2 aliphatic rings. The van der Waals surface area contributed by atoms with E-state index in [-0.39, 0.29) is 35.8 Å². The number of amides is 2. The van der Waals surface area contributed by atoms with Crippen molar-refractivity contribution in [2.24, 2.45) is 0 Å². The fourth-order valence-electron chi connectivity index (χ4n) is 5.13. The number of methoxy groups -OCH3 is 1. The first-order valence-corrected chi connectivity index (χ1v) is 12.2. The number of aromatic nitrogens is 2. The number of aryl methyl sites for hydroxylation is 1.